The maximum atomic E-state index is 13.9. The number of hydrogen-bond donors (Lipinski definition) is 0. The van der Waals surface area contributed by atoms with Gasteiger partial charge in [-0.3, -0.25) is 0 Å². The standard InChI is InChI=1S/C24H34FNO5S/c1-23(7-8-23)17-31-22(27)26-11-9-24(10-12-26)15-18(16-24)4-3-13-30-19-5-6-21(20(25)14-19)32(2,28)29/h5-6,14,18H,3-4,7-13,15-17H2,1-2H3. The van der Waals surface area contributed by atoms with Crippen LogP contribution in [0, 0.1) is 22.6 Å². The molecule has 1 aromatic carbocycles. The molecule has 32 heavy (non-hydrogen) atoms. The maximum absolute atomic E-state index is 13.9. The van der Waals surface area contributed by atoms with Gasteiger partial charge in [-0.2, -0.15) is 0 Å². The Labute approximate surface area is 190 Å². The zero-order valence-corrected chi connectivity index (χ0v) is 19.9. The fourth-order valence-electron chi connectivity index (χ4n) is 5.06. The first-order chi connectivity index (χ1) is 15.1. The highest BCUT2D eigenvalue weighted by molar-refractivity contribution is 7.90. The summed E-state index contributed by atoms with van der Waals surface area (Å²) >= 11 is 0. The van der Waals surface area contributed by atoms with Gasteiger partial charge in [0.1, 0.15) is 16.5 Å². The topological polar surface area (TPSA) is 72.9 Å². The second-order valence-electron chi connectivity index (χ2n) is 10.5. The molecule has 1 amide bonds. The highest BCUT2D eigenvalue weighted by Gasteiger charge is 2.46. The summed E-state index contributed by atoms with van der Waals surface area (Å²) in [6, 6.07) is 3.89. The van der Waals surface area contributed by atoms with Gasteiger partial charge in [0.15, 0.2) is 9.84 Å². The van der Waals surface area contributed by atoms with Gasteiger partial charge in [-0.15, -0.1) is 0 Å². The molecule has 1 spiro atoms. The predicted molar refractivity (Wildman–Crippen MR) is 119 cm³/mol. The molecule has 1 heterocycles. The molecular weight excluding hydrogens is 433 g/mol. The normalized spacial score (nSPS) is 21.8. The highest BCUT2D eigenvalue weighted by Crippen LogP contribution is 2.54. The molecular formula is C24H34FNO5S. The van der Waals surface area contributed by atoms with Crippen molar-refractivity contribution in [1.29, 1.82) is 0 Å². The summed E-state index contributed by atoms with van der Waals surface area (Å²) in [7, 11) is -3.57. The number of piperidine rings is 1. The molecule has 178 valence electrons. The van der Waals surface area contributed by atoms with Crippen LogP contribution in [0.4, 0.5) is 9.18 Å². The first-order valence-electron chi connectivity index (χ1n) is 11.6. The van der Waals surface area contributed by atoms with Crippen LogP contribution >= 0.6 is 0 Å². The smallest absolute Gasteiger partial charge is 0.409 e. The summed E-state index contributed by atoms with van der Waals surface area (Å²) < 4.78 is 48.0. The van der Waals surface area contributed by atoms with Crippen molar-refractivity contribution >= 4 is 15.9 Å². The summed E-state index contributed by atoms with van der Waals surface area (Å²) in [5.41, 5.74) is 0.612. The number of benzene rings is 1. The second kappa shape index (κ2) is 8.84. The molecule has 3 aliphatic rings. The van der Waals surface area contributed by atoms with Crippen LogP contribution in [-0.4, -0.2) is 52.0 Å². The number of rotatable bonds is 8. The average molecular weight is 468 g/mol. The Balaban J connectivity index is 1.11. The molecule has 4 rings (SSSR count). The monoisotopic (exact) mass is 467 g/mol. The van der Waals surface area contributed by atoms with Crippen LogP contribution in [-0.2, 0) is 14.6 Å². The van der Waals surface area contributed by atoms with E-state index in [1.54, 1.807) is 0 Å². The van der Waals surface area contributed by atoms with Gasteiger partial charge in [-0.05, 0) is 74.8 Å². The van der Waals surface area contributed by atoms with Crippen molar-refractivity contribution in [2.24, 2.45) is 16.7 Å². The van der Waals surface area contributed by atoms with E-state index in [2.05, 4.69) is 6.92 Å². The number of carbonyl (C=O) groups is 1. The van der Waals surface area contributed by atoms with Crippen molar-refractivity contribution in [2.75, 3.05) is 32.6 Å². The molecule has 1 saturated heterocycles. The van der Waals surface area contributed by atoms with E-state index in [9.17, 15) is 17.6 Å². The van der Waals surface area contributed by atoms with E-state index in [1.807, 2.05) is 4.90 Å². The van der Waals surface area contributed by atoms with E-state index in [0.717, 1.165) is 63.9 Å². The molecule has 2 saturated carbocycles. The first-order valence-corrected chi connectivity index (χ1v) is 13.5. The van der Waals surface area contributed by atoms with E-state index in [4.69, 9.17) is 9.47 Å². The Morgan fingerprint density at radius 1 is 1.19 bits per heavy atom. The van der Waals surface area contributed by atoms with Gasteiger partial charge in [-0.1, -0.05) is 6.92 Å². The first kappa shape index (κ1) is 23.3. The summed E-state index contributed by atoms with van der Waals surface area (Å²) in [6.45, 7) is 4.78. The van der Waals surface area contributed by atoms with Crippen molar-refractivity contribution < 1.29 is 27.1 Å². The minimum absolute atomic E-state index is 0.151. The molecule has 6 nitrogen and oxygen atoms in total. The van der Waals surface area contributed by atoms with Gasteiger partial charge in [0.05, 0.1) is 13.2 Å². The van der Waals surface area contributed by atoms with Crippen LogP contribution < -0.4 is 4.74 Å². The van der Waals surface area contributed by atoms with Gasteiger partial charge >= 0.3 is 6.09 Å². The molecule has 1 aliphatic heterocycles. The SMILES string of the molecule is CC1(COC(=O)N2CCC3(CC2)CC(CCCOc2ccc(S(C)(=O)=O)c(F)c2)C3)CC1. The van der Waals surface area contributed by atoms with Crippen LogP contribution in [0.5, 0.6) is 5.75 Å². The Hall–Kier alpha value is -1.83. The number of sulfone groups is 1. The molecule has 0 atom stereocenters. The molecule has 8 heteroatoms. The summed E-state index contributed by atoms with van der Waals surface area (Å²) in [4.78, 5) is 13.8. The lowest BCUT2D eigenvalue weighted by Gasteiger charge is -2.52. The lowest BCUT2D eigenvalue weighted by atomic mass is 9.56. The predicted octanol–water partition coefficient (Wildman–Crippen LogP) is 4.82. The van der Waals surface area contributed by atoms with Gasteiger partial charge in [0.25, 0.3) is 0 Å². The van der Waals surface area contributed by atoms with E-state index < -0.39 is 15.7 Å². The fraction of sp³-hybridized carbons (Fsp3) is 0.708. The molecule has 0 radical (unpaired) electrons. The molecule has 3 fully saturated rings. The summed E-state index contributed by atoms with van der Waals surface area (Å²) in [5, 5.41) is 0. The minimum atomic E-state index is -3.57. The zero-order chi connectivity index (χ0) is 23.0. The Morgan fingerprint density at radius 2 is 1.88 bits per heavy atom. The zero-order valence-electron chi connectivity index (χ0n) is 19.1. The van der Waals surface area contributed by atoms with Crippen LogP contribution in [0.15, 0.2) is 23.1 Å². The van der Waals surface area contributed by atoms with Gasteiger partial charge < -0.3 is 14.4 Å². The molecule has 0 bridgehead atoms. The van der Waals surface area contributed by atoms with E-state index in [1.165, 1.54) is 25.0 Å². The van der Waals surface area contributed by atoms with Crippen LogP contribution in [0.1, 0.15) is 58.3 Å². The van der Waals surface area contributed by atoms with Gasteiger partial charge in [-0.25, -0.2) is 17.6 Å². The number of halogens is 1. The minimum Gasteiger partial charge on any atom is -0.493 e. The number of hydrogen-bond acceptors (Lipinski definition) is 5. The number of ether oxygens (including phenoxy) is 2. The largest absolute Gasteiger partial charge is 0.493 e. The van der Waals surface area contributed by atoms with Gasteiger partial charge in [0, 0.05) is 30.8 Å². The van der Waals surface area contributed by atoms with Crippen molar-refractivity contribution in [3.8, 4) is 5.75 Å². The number of carbonyl (C=O) groups excluding carboxylic acids is 1. The summed E-state index contributed by atoms with van der Waals surface area (Å²) in [5.74, 6) is 0.258. The molecule has 0 unspecified atom stereocenters. The third-order valence-corrected chi connectivity index (χ3v) is 8.63. The highest BCUT2D eigenvalue weighted by atomic mass is 32.2. The van der Waals surface area contributed by atoms with Gasteiger partial charge in [0.2, 0.25) is 0 Å². The average Bonchev–Trinajstić information content (AvgIpc) is 3.45. The van der Waals surface area contributed by atoms with Crippen molar-refractivity contribution in [2.45, 2.75) is 63.2 Å². The lowest BCUT2D eigenvalue weighted by molar-refractivity contribution is -0.0189. The van der Waals surface area contributed by atoms with E-state index in [-0.39, 0.29) is 16.4 Å². The van der Waals surface area contributed by atoms with E-state index >= 15 is 0 Å². The molecule has 2 aliphatic carbocycles. The van der Waals surface area contributed by atoms with Crippen molar-refractivity contribution in [3.05, 3.63) is 24.0 Å². The molecule has 0 aromatic heterocycles. The van der Waals surface area contributed by atoms with Crippen molar-refractivity contribution in [3.63, 3.8) is 0 Å². The fourth-order valence-corrected chi connectivity index (χ4v) is 5.79. The Bertz CT molecular complexity index is 943. The van der Waals surface area contributed by atoms with E-state index in [0.29, 0.717) is 30.3 Å². The van der Waals surface area contributed by atoms with Crippen molar-refractivity contribution in [1.82, 2.24) is 4.90 Å². The van der Waals surface area contributed by atoms with Crippen LogP contribution in [0.25, 0.3) is 0 Å². The maximum Gasteiger partial charge on any atom is 0.409 e. The third kappa shape index (κ3) is 5.56. The molecule has 1 aromatic rings. The van der Waals surface area contributed by atoms with Crippen LogP contribution in [0.2, 0.25) is 0 Å². The summed E-state index contributed by atoms with van der Waals surface area (Å²) in [6.07, 6.45) is 9.60. The quantitative estimate of drug-likeness (QED) is 0.513. The third-order valence-electron chi connectivity index (χ3n) is 7.50. The Morgan fingerprint density at radius 3 is 2.47 bits per heavy atom. The second-order valence-corrected chi connectivity index (χ2v) is 12.5. The Kier molecular flexibility index (Phi) is 6.45. The number of nitrogens with zero attached hydrogens (tertiary/aromatic N) is 1. The van der Waals surface area contributed by atoms with Crippen LogP contribution in [0.3, 0.4) is 0 Å². The number of amides is 1. The lowest BCUT2D eigenvalue weighted by Crippen LogP contribution is -2.49. The number of likely N-dealkylation sites (tertiary alicyclic amines) is 1. The molecule has 0 N–H and O–H groups in total.